The van der Waals surface area contributed by atoms with Crippen molar-refractivity contribution < 1.29 is 8.42 Å². The summed E-state index contributed by atoms with van der Waals surface area (Å²) in [4.78, 5) is 22.4. The van der Waals surface area contributed by atoms with Crippen LogP contribution in [0.3, 0.4) is 0 Å². The van der Waals surface area contributed by atoms with E-state index in [2.05, 4.69) is 14.6 Å². The Morgan fingerprint density at radius 3 is 2.71 bits per heavy atom. The van der Waals surface area contributed by atoms with Crippen molar-refractivity contribution in [3.8, 4) is 0 Å². The monoisotopic (exact) mass is 408 g/mol. The molecular formula is C20H32N4O3S. The number of aryl methyl sites for hydroxylation is 1. The number of hydrogen-bond donors (Lipinski definition) is 2. The number of hydrogen-bond acceptors (Lipinski definition) is 5. The number of nitrogens with zero attached hydrogens (tertiary/aromatic N) is 2. The SMILES string of the molecule is Cc1nc2c(c(=O)[nH]1)CCC21CCN(C[C@@H]2CCC[C@@H](NS(C)(=O)=O)C2)CC1. The Kier molecular flexibility index (Phi) is 5.39. The molecule has 1 saturated heterocycles. The van der Waals surface area contributed by atoms with E-state index in [-0.39, 0.29) is 17.0 Å². The highest BCUT2D eigenvalue weighted by Gasteiger charge is 2.44. The molecule has 1 aromatic heterocycles. The first-order valence-electron chi connectivity index (χ1n) is 10.5. The van der Waals surface area contributed by atoms with Gasteiger partial charge in [-0.25, -0.2) is 18.1 Å². The predicted octanol–water partition coefficient (Wildman–Crippen LogP) is 1.47. The Bertz CT molecular complexity index is 887. The van der Waals surface area contributed by atoms with E-state index in [1.807, 2.05) is 6.92 Å². The van der Waals surface area contributed by atoms with Crippen LogP contribution in [-0.4, -0.2) is 55.2 Å². The number of likely N-dealkylation sites (tertiary alicyclic amines) is 1. The van der Waals surface area contributed by atoms with E-state index >= 15 is 0 Å². The predicted molar refractivity (Wildman–Crippen MR) is 109 cm³/mol. The molecular weight excluding hydrogens is 376 g/mol. The lowest BCUT2D eigenvalue weighted by molar-refractivity contribution is 0.122. The number of sulfonamides is 1. The van der Waals surface area contributed by atoms with E-state index in [0.717, 1.165) is 81.7 Å². The lowest BCUT2D eigenvalue weighted by Crippen LogP contribution is -2.45. The molecule has 0 radical (unpaired) electrons. The van der Waals surface area contributed by atoms with Gasteiger partial charge >= 0.3 is 0 Å². The number of aromatic nitrogens is 2. The van der Waals surface area contributed by atoms with Crippen LogP contribution in [0.25, 0.3) is 0 Å². The molecule has 0 amide bonds. The summed E-state index contributed by atoms with van der Waals surface area (Å²) >= 11 is 0. The molecule has 2 fully saturated rings. The number of H-pyrrole nitrogens is 1. The largest absolute Gasteiger partial charge is 0.311 e. The molecule has 156 valence electrons. The minimum atomic E-state index is -3.13. The first kappa shape index (κ1) is 20.0. The molecule has 0 unspecified atom stereocenters. The van der Waals surface area contributed by atoms with Crippen molar-refractivity contribution in [3.05, 3.63) is 27.4 Å². The molecule has 1 aromatic rings. The van der Waals surface area contributed by atoms with Gasteiger partial charge in [-0.3, -0.25) is 4.79 Å². The number of fused-ring (bicyclic) bond motifs is 2. The zero-order valence-electron chi connectivity index (χ0n) is 17.0. The van der Waals surface area contributed by atoms with Gasteiger partial charge in [0, 0.05) is 23.6 Å². The molecule has 0 bridgehead atoms. The summed E-state index contributed by atoms with van der Waals surface area (Å²) in [6, 6.07) is 0.0884. The molecule has 1 aliphatic heterocycles. The smallest absolute Gasteiger partial charge is 0.254 e. The van der Waals surface area contributed by atoms with Gasteiger partial charge in [-0.15, -0.1) is 0 Å². The van der Waals surface area contributed by atoms with E-state index in [1.54, 1.807) is 0 Å². The summed E-state index contributed by atoms with van der Waals surface area (Å²) in [6.07, 6.45) is 9.43. The van der Waals surface area contributed by atoms with Gasteiger partial charge in [-0.1, -0.05) is 6.42 Å². The summed E-state index contributed by atoms with van der Waals surface area (Å²) in [5.74, 6) is 1.28. The van der Waals surface area contributed by atoms with Crippen molar-refractivity contribution in [2.45, 2.75) is 69.7 Å². The highest BCUT2D eigenvalue weighted by molar-refractivity contribution is 7.88. The Morgan fingerprint density at radius 1 is 1.25 bits per heavy atom. The van der Waals surface area contributed by atoms with Crippen LogP contribution in [0.1, 0.15) is 62.0 Å². The lowest BCUT2D eigenvalue weighted by atomic mass is 9.75. The van der Waals surface area contributed by atoms with Crippen molar-refractivity contribution in [1.82, 2.24) is 19.6 Å². The number of rotatable bonds is 4. The van der Waals surface area contributed by atoms with Crippen LogP contribution in [0.15, 0.2) is 4.79 Å². The fourth-order valence-corrected chi connectivity index (χ4v) is 6.47. The number of piperidine rings is 1. The Hall–Kier alpha value is -1.25. The molecule has 28 heavy (non-hydrogen) atoms. The standard InChI is InChI=1S/C20H32N4O3S/c1-14-21-18-17(19(25)22-14)6-7-20(18)8-10-24(11-9-20)13-15-4-3-5-16(12-15)23-28(2,26)27/h15-16,23H,3-13H2,1-2H3,(H,21,22,25)/t15-,16-/m1/s1. The summed E-state index contributed by atoms with van der Waals surface area (Å²) in [6.45, 7) is 4.99. The Balaban J connectivity index is 1.36. The molecule has 1 spiro atoms. The van der Waals surface area contributed by atoms with E-state index < -0.39 is 10.0 Å². The number of aromatic amines is 1. The fourth-order valence-electron chi connectivity index (χ4n) is 5.65. The third-order valence-electron chi connectivity index (χ3n) is 6.98. The van der Waals surface area contributed by atoms with E-state index in [1.165, 1.54) is 12.7 Å². The number of nitrogens with one attached hydrogen (secondary N) is 2. The van der Waals surface area contributed by atoms with Gasteiger partial charge in [0.25, 0.3) is 5.56 Å². The van der Waals surface area contributed by atoms with Gasteiger partial charge in [0.05, 0.1) is 11.9 Å². The second-order valence-electron chi connectivity index (χ2n) is 9.18. The summed E-state index contributed by atoms with van der Waals surface area (Å²) in [5.41, 5.74) is 2.09. The molecule has 8 heteroatoms. The fraction of sp³-hybridized carbons (Fsp3) is 0.800. The second kappa shape index (κ2) is 7.54. The van der Waals surface area contributed by atoms with Crippen LogP contribution in [0.2, 0.25) is 0 Å². The minimum absolute atomic E-state index is 0.0495. The first-order chi connectivity index (χ1) is 13.2. The topological polar surface area (TPSA) is 95.2 Å². The average molecular weight is 409 g/mol. The zero-order valence-corrected chi connectivity index (χ0v) is 17.8. The maximum Gasteiger partial charge on any atom is 0.254 e. The van der Waals surface area contributed by atoms with Crippen molar-refractivity contribution >= 4 is 10.0 Å². The average Bonchev–Trinajstić information content (AvgIpc) is 2.95. The second-order valence-corrected chi connectivity index (χ2v) is 11.0. The summed E-state index contributed by atoms with van der Waals surface area (Å²) in [7, 11) is -3.13. The first-order valence-corrected chi connectivity index (χ1v) is 12.4. The van der Waals surface area contributed by atoms with Gasteiger partial charge in [0.15, 0.2) is 0 Å². The third kappa shape index (κ3) is 4.19. The van der Waals surface area contributed by atoms with Gasteiger partial charge in [0.2, 0.25) is 10.0 Å². The van der Waals surface area contributed by atoms with E-state index in [9.17, 15) is 13.2 Å². The maximum absolute atomic E-state index is 12.3. The molecule has 1 saturated carbocycles. The lowest BCUT2D eigenvalue weighted by Gasteiger charge is -2.41. The molecule has 3 aliphatic rings. The molecule has 2 N–H and O–H groups in total. The molecule has 2 atom stereocenters. The van der Waals surface area contributed by atoms with Crippen molar-refractivity contribution in [1.29, 1.82) is 0 Å². The van der Waals surface area contributed by atoms with Crippen LogP contribution in [0.5, 0.6) is 0 Å². The van der Waals surface area contributed by atoms with Crippen molar-refractivity contribution in [2.75, 3.05) is 25.9 Å². The van der Waals surface area contributed by atoms with E-state index in [4.69, 9.17) is 4.98 Å². The molecule has 2 heterocycles. The molecule has 4 rings (SSSR count). The molecule has 2 aliphatic carbocycles. The van der Waals surface area contributed by atoms with Gasteiger partial charge in [0.1, 0.15) is 5.82 Å². The van der Waals surface area contributed by atoms with Crippen LogP contribution in [0.4, 0.5) is 0 Å². The van der Waals surface area contributed by atoms with Gasteiger partial charge in [-0.05, 0) is 70.9 Å². The van der Waals surface area contributed by atoms with Crippen molar-refractivity contribution in [2.24, 2.45) is 5.92 Å². The zero-order chi connectivity index (χ0) is 19.9. The molecule has 0 aromatic carbocycles. The van der Waals surface area contributed by atoms with Crippen LogP contribution < -0.4 is 10.3 Å². The van der Waals surface area contributed by atoms with Crippen LogP contribution >= 0.6 is 0 Å². The minimum Gasteiger partial charge on any atom is -0.311 e. The summed E-state index contributed by atoms with van der Waals surface area (Å²) < 4.78 is 25.9. The normalized spacial score (nSPS) is 27.8. The highest BCUT2D eigenvalue weighted by Crippen LogP contribution is 2.44. The summed E-state index contributed by atoms with van der Waals surface area (Å²) in [5, 5.41) is 0. The maximum atomic E-state index is 12.3. The Morgan fingerprint density at radius 2 is 2.00 bits per heavy atom. The quantitative estimate of drug-likeness (QED) is 0.787. The Labute approximate surface area is 167 Å². The molecule has 7 nitrogen and oxygen atoms in total. The van der Waals surface area contributed by atoms with Gasteiger partial charge in [-0.2, -0.15) is 0 Å². The van der Waals surface area contributed by atoms with Gasteiger partial charge < -0.3 is 9.88 Å². The van der Waals surface area contributed by atoms with Crippen LogP contribution in [0, 0.1) is 12.8 Å². The van der Waals surface area contributed by atoms with Crippen molar-refractivity contribution in [3.63, 3.8) is 0 Å². The van der Waals surface area contributed by atoms with Crippen LogP contribution in [-0.2, 0) is 21.9 Å². The van der Waals surface area contributed by atoms with E-state index in [0.29, 0.717) is 5.92 Å². The highest BCUT2D eigenvalue weighted by atomic mass is 32.2. The third-order valence-corrected chi connectivity index (χ3v) is 7.74.